The Morgan fingerprint density at radius 3 is 2.62 bits per heavy atom. The molecule has 2 aromatic rings. The highest BCUT2D eigenvalue weighted by Gasteiger charge is 2.01. The topological polar surface area (TPSA) is 60.0 Å². The molecule has 2 rings (SSSR count). The van der Waals surface area contributed by atoms with Crippen LogP contribution < -0.4 is 10.5 Å². The van der Waals surface area contributed by atoms with E-state index in [1.165, 1.54) is 36.6 Å². The van der Waals surface area contributed by atoms with Crippen molar-refractivity contribution in [2.75, 3.05) is 6.61 Å². The molecule has 0 aliphatic carbocycles. The lowest BCUT2D eigenvalue weighted by atomic mass is 10.2. The molecule has 0 aliphatic rings. The number of nitrogens with zero attached hydrogens (tertiary/aromatic N) is 2. The molecule has 0 fully saturated rings. The van der Waals surface area contributed by atoms with Crippen molar-refractivity contribution in [2.45, 2.75) is 38.4 Å². The van der Waals surface area contributed by atoms with Crippen LogP contribution in [-0.2, 0) is 5.75 Å². The van der Waals surface area contributed by atoms with E-state index >= 15 is 0 Å². The fraction of sp³-hybridized carbons (Fsp3) is 0.333. The molecule has 4 nitrogen and oxygen atoms in total. The molecule has 0 unspecified atom stereocenters. The summed E-state index contributed by atoms with van der Waals surface area (Å²) in [5.74, 6) is 1.61. The van der Waals surface area contributed by atoms with E-state index in [9.17, 15) is 0 Å². The van der Waals surface area contributed by atoms with Gasteiger partial charge in [-0.25, -0.2) is 0 Å². The van der Waals surface area contributed by atoms with Gasteiger partial charge in [-0.2, -0.15) is 5.10 Å². The summed E-state index contributed by atoms with van der Waals surface area (Å²) in [5, 5.41) is 8.62. The average molecular weight is 370 g/mol. The molecule has 0 bridgehead atoms. The molecule has 0 amide bonds. The monoisotopic (exact) mass is 369 g/mol. The summed E-state index contributed by atoms with van der Waals surface area (Å²) >= 11 is 1.47. The summed E-state index contributed by atoms with van der Waals surface area (Å²) in [6, 6.07) is 18.0. The molecule has 138 valence electrons. The molecular weight excluding hydrogens is 342 g/mol. The number of nitrogens with two attached hydrogens (primary N) is 1. The van der Waals surface area contributed by atoms with Crippen molar-refractivity contribution < 1.29 is 4.74 Å². The molecule has 0 atom stereocenters. The standard InChI is InChI=1S/C21H27N3OS/c1-2-3-4-10-15-25-20-14-9-8-13-19(20)16-23-24-21(22)26-17-18-11-6-5-7-12-18/h5-9,11-14,16H,2-4,10,15,17H2,1H3,(H2,22,24). The van der Waals surface area contributed by atoms with Crippen molar-refractivity contribution in [1.82, 2.24) is 0 Å². The smallest absolute Gasteiger partial charge is 0.180 e. The molecule has 0 saturated carbocycles. The second-order valence-electron chi connectivity index (χ2n) is 5.90. The van der Waals surface area contributed by atoms with Crippen LogP contribution >= 0.6 is 11.8 Å². The molecule has 0 aromatic heterocycles. The van der Waals surface area contributed by atoms with E-state index in [1.807, 2.05) is 42.5 Å². The molecule has 0 heterocycles. The maximum absolute atomic E-state index is 5.92. The molecule has 2 N–H and O–H groups in total. The summed E-state index contributed by atoms with van der Waals surface area (Å²) in [6.07, 6.45) is 6.44. The predicted octanol–water partition coefficient (Wildman–Crippen LogP) is 5.23. The fourth-order valence-electron chi connectivity index (χ4n) is 2.34. The van der Waals surface area contributed by atoms with Gasteiger partial charge >= 0.3 is 0 Å². The van der Waals surface area contributed by atoms with Crippen LogP contribution in [0.25, 0.3) is 0 Å². The summed E-state index contributed by atoms with van der Waals surface area (Å²) in [5.41, 5.74) is 8.04. The van der Waals surface area contributed by atoms with Crippen LogP contribution in [0.2, 0.25) is 0 Å². The Bertz CT molecular complexity index is 701. The number of amidine groups is 1. The van der Waals surface area contributed by atoms with Crippen LogP contribution in [-0.4, -0.2) is 18.0 Å². The van der Waals surface area contributed by atoms with Gasteiger partial charge in [0.05, 0.1) is 12.8 Å². The minimum Gasteiger partial charge on any atom is -0.493 e. The molecule has 0 spiro atoms. The number of hydrogen-bond donors (Lipinski definition) is 1. The molecular formula is C21H27N3OS. The zero-order valence-electron chi connectivity index (χ0n) is 15.3. The van der Waals surface area contributed by atoms with Gasteiger partial charge in [0.25, 0.3) is 0 Å². The molecule has 0 radical (unpaired) electrons. The Morgan fingerprint density at radius 1 is 1.04 bits per heavy atom. The first-order valence-electron chi connectivity index (χ1n) is 9.04. The van der Waals surface area contributed by atoms with Gasteiger partial charge in [-0.05, 0) is 24.1 Å². The van der Waals surface area contributed by atoms with Crippen molar-refractivity contribution in [3.8, 4) is 5.75 Å². The Hall–Kier alpha value is -2.27. The first kappa shape index (κ1) is 20.0. The van der Waals surface area contributed by atoms with Gasteiger partial charge < -0.3 is 10.5 Å². The van der Waals surface area contributed by atoms with Crippen molar-refractivity contribution in [3.05, 3.63) is 65.7 Å². The zero-order valence-corrected chi connectivity index (χ0v) is 16.1. The first-order chi connectivity index (χ1) is 12.8. The lowest BCUT2D eigenvalue weighted by Crippen LogP contribution is -2.06. The third-order valence-electron chi connectivity index (χ3n) is 3.76. The van der Waals surface area contributed by atoms with Gasteiger partial charge in [0.15, 0.2) is 5.17 Å². The van der Waals surface area contributed by atoms with Gasteiger partial charge in [0.2, 0.25) is 0 Å². The molecule has 26 heavy (non-hydrogen) atoms. The van der Waals surface area contributed by atoms with Crippen molar-refractivity contribution in [1.29, 1.82) is 0 Å². The summed E-state index contributed by atoms with van der Waals surface area (Å²) < 4.78 is 5.87. The highest BCUT2D eigenvalue weighted by Crippen LogP contribution is 2.17. The normalized spacial score (nSPS) is 11.8. The van der Waals surface area contributed by atoms with E-state index < -0.39 is 0 Å². The highest BCUT2D eigenvalue weighted by molar-refractivity contribution is 8.13. The van der Waals surface area contributed by atoms with Crippen molar-refractivity contribution in [2.24, 2.45) is 15.9 Å². The van der Waals surface area contributed by atoms with E-state index in [1.54, 1.807) is 6.21 Å². The number of thioether (sulfide) groups is 1. The van der Waals surface area contributed by atoms with Gasteiger partial charge in [0, 0.05) is 11.3 Å². The number of para-hydroxylation sites is 1. The Labute approximate surface area is 160 Å². The minimum atomic E-state index is 0.447. The Kier molecular flexibility index (Phi) is 9.36. The van der Waals surface area contributed by atoms with E-state index in [-0.39, 0.29) is 0 Å². The summed E-state index contributed by atoms with van der Waals surface area (Å²) in [7, 11) is 0. The highest BCUT2D eigenvalue weighted by atomic mass is 32.2. The van der Waals surface area contributed by atoms with E-state index in [0.29, 0.717) is 5.17 Å². The minimum absolute atomic E-state index is 0.447. The van der Waals surface area contributed by atoms with Gasteiger partial charge in [-0.1, -0.05) is 80.4 Å². The lowest BCUT2D eigenvalue weighted by molar-refractivity contribution is 0.304. The van der Waals surface area contributed by atoms with E-state index in [2.05, 4.69) is 29.3 Å². The molecule has 5 heteroatoms. The predicted molar refractivity (Wildman–Crippen MR) is 113 cm³/mol. The van der Waals surface area contributed by atoms with E-state index in [0.717, 1.165) is 30.1 Å². The lowest BCUT2D eigenvalue weighted by Gasteiger charge is -2.08. The van der Waals surface area contributed by atoms with Crippen LogP contribution in [0.5, 0.6) is 5.75 Å². The number of unbranched alkanes of at least 4 members (excludes halogenated alkanes) is 3. The number of rotatable bonds is 10. The van der Waals surface area contributed by atoms with Crippen molar-refractivity contribution in [3.63, 3.8) is 0 Å². The second-order valence-corrected chi connectivity index (χ2v) is 6.90. The van der Waals surface area contributed by atoms with Crippen LogP contribution in [0.3, 0.4) is 0 Å². The van der Waals surface area contributed by atoms with Crippen LogP contribution in [0.15, 0.2) is 64.8 Å². The van der Waals surface area contributed by atoms with Crippen LogP contribution in [0.1, 0.15) is 43.7 Å². The largest absolute Gasteiger partial charge is 0.493 e. The molecule has 0 aliphatic heterocycles. The zero-order chi connectivity index (χ0) is 18.5. The average Bonchev–Trinajstić information content (AvgIpc) is 2.68. The third kappa shape index (κ3) is 7.74. The van der Waals surface area contributed by atoms with Gasteiger partial charge in [0.1, 0.15) is 5.75 Å². The number of ether oxygens (including phenoxy) is 1. The molecule has 0 saturated heterocycles. The van der Waals surface area contributed by atoms with Crippen LogP contribution in [0, 0.1) is 0 Å². The SMILES string of the molecule is CCCCCCOc1ccccc1C=NN=C(N)SCc1ccccc1. The third-order valence-corrected chi connectivity index (χ3v) is 4.61. The fourth-order valence-corrected chi connectivity index (χ4v) is 2.95. The molecule has 2 aromatic carbocycles. The summed E-state index contributed by atoms with van der Waals surface area (Å²) in [6.45, 7) is 2.93. The quantitative estimate of drug-likeness (QED) is 0.270. The van der Waals surface area contributed by atoms with Gasteiger partial charge in [-0.3, -0.25) is 0 Å². The number of hydrogen-bond acceptors (Lipinski definition) is 4. The second kappa shape index (κ2) is 12.1. The number of benzene rings is 2. The maximum atomic E-state index is 5.92. The maximum Gasteiger partial charge on any atom is 0.180 e. The Morgan fingerprint density at radius 2 is 1.81 bits per heavy atom. The van der Waals surface area contributed by atoms with Crippen molar-refractivity contribution >= 4 is 23.1 Å². The van der Waals surface area contributed by atoms with Crippen LogP contribution in [0.4, 0.5) is 0 Å². The Balaban J connectivity index is 1.84. The van der Waals surface area contributed by atoms with E-state index in [4.69, 9.17) is 10.5 Å². The van der Waals surface area contributed by atoms with Gasteiger partial charge in [-0.15, -0.1) is 5.10 Å². The summed E-state index contributed by atoms with van der Waals surface area (Å²) in [4.78, 5) is 0. The first-order valence-corrected chi connectivity index (χ1v) is 10.0.